The Labute approximate surface area is 204 Å². The molecule has 0 saturated heterocycles. The molecule has 7 nitrogen and oxygen atoms in total. The summed E-state index contributed by atoms with van der Waals surface area (Å²) in [6.45, 7) is 1.15. The minimum atomic E-state index is -4.73. The number of aromatic nitrogens is 1. The van der Waals surface area contributed by atoms with E-state index < -0.39 is 41.6 Å². The zero-order valence-corrected chi connectivity index (χ0v) is 19.1. The van der Waals surface area contributed by atoms with E-state index in [2.05, 4.69) is 10.3 Å². The van der Waals surface area contributed by atoms with Gasteiger partial charge in [-0.25, -0.2) is 0 Å². The Morgan fingerprint density at radius 3 is 2.33 bits per heavy atom. The van der Waals surface area contributed by atoms with Gasteiger partial charge < -0.3 is 20.5 Å². The van der Waals surface area contributed by atoms with Crippen molar-refractivity contribution in [1.82, 2.24) is 4.98 Å². The van der Waals surface area contributed by atoms with Crippen molar-refractivity contribution in [2.45, 2.75) is 38.3 Å². The Morgan fingerprint density at radius 2 is 1.72 bits per heavy atom. The molecular formula is C26H21F3N3O4-. The molecule has 3 aromatic rings. The molecule has 1 aliphatic carbocycles. The number of carbonyl (C=O) groups is 3. The summed E-state index contributed by atoms with van der Waals surface area (Å²) in [6.07, 6.45) is -3.18. The van der Waals surface area contributed by atoms with Gasteiger partial charge in [0.25, 0.3) is 0 Å². The van der Waals surface area contributed by atoms with Gasteiger partial charge in [-0.15, -0.1) is 0 Å². The number of halogens is 3. The molecule has 2 amide bonds. The molecule has 1 saturated carbocycles. The van der Waals surface area contributed by atoms with Crippen molar-refractivity contribution in [3.8, 4) is 11.1 Å². The Morgan fingerprint density at radius 1 is 1.00 bits per heavy atom. The number of alkyl halides is 3. The summed E-state index contributed by atoms with van der Waals surface area (Å²) in [6, 6.07) is 12.0. The van der Waals surface area contributed by atoms with Crippen molar-refractivity contribution in [1.29, 1.82) is 0 Å². The lowest BCUT2D eigenvalue weighted by atomic mass is 10.0. The number of hydrogen-bond acceptors (Lipinski definition) is 5. The van der Waals surface area contributed by atoms with E-state index in [1.54, 1.807) is 24.4 Å². The number of carboxylic acid groups (broad SMARTS) is 1. The third kappa shape index (κ3) is 5.88. The van der Waals surface area contributed by atoms with Crippen LogP contribution in [0.4, 0.5) is 29.3 Å². The molecule has 1 heterocycles. The fourth-order valence-corrected chi connectivity index (χ4v) is 3.84. The highest BCUT2D eigenvalue weighted by molar-refractivity contribution is 6.12. The van der Waals surface area contributed by atoms with Crippen LogP contribution >= 0.6 is 0 Å². The zero-order chi connectivity index (χ0) is 26.0. The van der Waals surface area contributed by atoms with Gasteiger partial charge in [0.05, 0.1) is 23.4 Å². The van der Waals surface area contributed by atoms with Crippen molar-refractivity contribution in [3.05, 3.63) is 77.1 Å². The predicted octanol–water partition coefficient (Wildman–Crippen LogP) is 4.92. The van der Waals surface area contributed by atoms with Crippen LogP contribution in [0.2, 0.25) is 0 Å². The number of anilines is 2. The van der Waals surface area contributed by atoms with Crippen LogP contribution in [0.1, 0.15) is 52.4 Å². The minimum absolute atomic E-state index is 0.238. The second kappa shape index (κ2) is 9.80. The first-order valence-corrected chi connectivity index (χ1v) is 11.1. The third-order valence-electron chi connectivity index (χ3n) is 5.80. The molecule has 2 N–H and O–H groups in total. The minimum Gasteiger partial charge on any atom is -0.530 e. The number of nitrogens with one attached hydrogen (secondary N) is 2. The largest absolute Gasteiger partial charge is 0.530 e. The topological polar surface area (TPSA) is 111 Å². The Hall–Kier alpha value is -4.21. The van der Waals surface area contributed by atoms with Gasteiger partial charge in [0.15, 0.2) is 5.78 Å². The molecular weight excluding hydrogens is 475 g/mol. The highest BCUT2D eigenvalue weighted by Crippen LogP contribution is 2.39. The first-order chi connectivity index (χ1) is 17.0. The molecule has 1 aliphatic rings. The lowest BCUT2D eigenvalue weighted by molar-refractivity contribution is -0.242. The van der Waals surface area contributed by atoms with Crippen LogP contribution in [0, 0.1) is 6.92 Å². The average molecular weight is 496 g/mol. The second-order valence-electron chi connectivity index (χ2n) is 8.60. The van der Waals surface area contributed by atoms with Crippen LogP contribution in [0.5, 0.6) is 0 Å². The number of pyridine rings is 1. The van der Waals surface area contributed by atoms with E-state index in [9.17, 15) is 32.7 Å². The van der Waals surface area contributed by atoms with Crippen molar-refractivity contribution >= 4 is 29.2 Å². The molecule has 0 unspecified atom stereocenters. The van der Waals surface area contributed by atoms with Crippen molar-refractivity contribution in [3.63, 3.8) is 0 Å². The summed E-state index contributed by atoms with van der Waals surface area (Å²) in [5.41, 5.74) is 0.748. The number of benzene rings is 2. The fourth-order valence-electron chi connectivity index (χ4n) is 3.84. The number of ketones is 1. The molecule has 1 aromatic heterocycles. The van der Waals surface area contributed by atoms with Gasteiger partial charge in [-0.3, -0.25) is 14.6 Å². The maximum atomic E-state index is 13.3. The van der Waals surface area contributed by atoms with Crippen LogP contribution in [0.15, 0.2) is 54.7 Å². The SMILES string of the molecule is Cc1cc(NC(=O)[O-])c(NC(=O)CC(=O)c2cccc(-c3ccc(C4CC4)nc3)c2)cc1C(F)(F)F. The van der Waals surface area contributed by atoms with E-state index in [-0.39, 0.29) is 16.8 Å². The summed E-state index contributed by atoms with van der Waals surface area (Å²) in [5, 5.41) is 15.0. The normalized spacial score (nSPS) is 13.2. The van der Waals surface area contributed by atoms with Gasteiger partial charge in [0.2, 0.25) is 5.91 Å². The van der Waals surface area contributed by atoms with Gasteiger partial charge in [-0.05, 0) is 55.2 Å². The molecule has 10 heteroatoms. The quantitative estimate of drug-likeness (QED) is 0.356. The molecule has 0 radical (unpaired) electrons. The van der Waals surface area contributed by atoms with E-state index in [1.807, 2.05) is 17.4 Å². The highest BCUT2D eigenvalue weighted by atomic mass is 19.4. The second-order valence-corrected chi connectivity index (χ2v) is 8.60. The predicted molar refractivity (Wildman–Crippen MR) is 124 cm³/mol. The Balaban J connectivity index is 1.50. The van der Waals surface area contributed by atoms with Crippen molar-refractivity contribution in [2.75, 3.05) is 10.6 Å². The summed E-state index contributed by atoms with van der Waals surface area (Å²) < 4.78 is 39.9. The zero-order valence-electron chi connectivity index (χ0n) is 19.1. The molecule has 0 bridgehead atoms. The molecule has 0 atom stereocenters. The number of nitrogens with zero attached hydrogens (tertiary/aromatic N) is 1. The van der Waals surface area contributed by atoms with Crippen LogP contribution in [-0.4, -0.2) is 22.8 Å². The number of aryl methyl sites for hydroxylation is 1. The first kappa shape index (κ1) is 24.9. The highest BCUT2D eigenvalue weighted by Gasteiger charge is 2.33. The lowest BCUT2D eigenvalue weighted by Gasteiger charge is -2.18. The number of hydrogen-bond donors (Lipinski definition) is 2. The molecule has 4 rings (SSSR count). The maximum absolute atomic E-state index is 13.3. The fraction of sp³-hybridized carbons (Fsp3) is 0.231. The first-order valence-electron chi connectivity index (χ1n) is 11.1. The molecule has 0 aliphatic heterocycles. The molecule has 186 valence electrons. The number of rotatable bonds is 7. The van der Waals surface area contributed by atoms with Gasteiger partial charge in [0, 0.05) is 28.9 Å². The number of amides is 2. The van der Waals surface area contributed by atoms with Gasteiger partial charge in [0.1, 0.15) is 6.09 Å². The Bertz CT molecular complexity index is 1330. The van der Waals surface area contributed by atoms with Gasteiger partial charge in [-0.2, -0.15) is 13.2 Å². The van der Waals surface area contributed by atoms with Crippen LogP contribution in [0.25, 0.3) is 11.1 Å². The third-order valence-corrected chi connectivity index (χ3v) is 5.80. The summed E-state index contributed by atoms with van der Waals surface area (Å²) in [5.74, 6) is -0.956. The molecule has 1 fully saturated rings. The van der Waals surface area contributed by atoms with Crippen LogP contribution < -0.4 is 15.7 Å². The van der Waals surface area contributed by atoms with E-state index >= 15 is 0 Å². The Kier molecular flexibility index (Phi) is 6.78. The van der Waals surface area contributed by atoms with E-state index in [1.165, 1.54) is 6.07 Å². The molecule has 2 aromatic carbocycles. The van der Waals surface area contributed by atoms with Gasteiger partial charge >= 0.3 is 6.18 Å². The summed E-state index contributed by atoms with van der Waals surface area (Å²) in [7, 11) is 0. The van der Waals surface area contributed by atoms with Crippen LogP contribution in [-0.2, 0) is 11.0 Å². The van der Waals surface area contributed by atoms with Crippen LogP contribution in [0.3, 0.4) is 0 Å². The van der Waals surface area contributed by atoms with Crippen molar-refractivity contribution in [2.24, 2.45) is 0 Å². The average Bonchev–Trinajstić information content (AvgIpc) is 3.65. The lowest BCUT2D eigenvalue weighted by Crippen LogP contribution is -2.29. The summed E-state index contributed by atoms with van der Waals surface area (Å²) in [4.78, 5) is 40.7. The smallest absolute Gasteiger partial charge is 0.416 e. The number of Topliss-reactive ketones (excluding diaryl/α,β-unsaturated/α-hetero) is 1. The van der Waals surface area contributed by atoms with E-state index in [4.69, 9.17) is 0 Å². The number of carbonyl (C=O) groups excluding carboxylic acids is 3. The van der Waals surface area contributed by atoms with E-state index in [0.29, 0.717) is 12.0 Å². The molecule has 36 heavy (non-hydrogen) atoms. The standard InChI is InChI=1S/C26H22F3N3O4/c1-14-9-21(32-25(35)36)22(11-19(14)26(27,28)29)31-24(34)12-23(33)17-4-2-3-16(10-17)18-7-8-20(30-13-18)15-5-6-15/h2-4,7-11,13,15,32H,5-6,12H2,1H3,(H,31,34)(H,35,36)/p-1. The molecule has 0 spiro atoms. The maximum Gasteiger partial charge on any atom is 0.416 e. The summed E-state index contributed by atoms with van der Waals surface area (Å²) >= 11 is 0. The van der Waals surface area contributed by atoms with E-state index in [0.717, 1.165) is 42.7 Å². The monoisotopic (exact) mass is 496 g/mol. The van der Waals surface area contributed by atoms with Crippen molar-refractivity contribution < 1.29 is 32.7 Å². The van der Waals surface area contributed by atoms with Gasteiger partial charge in [-0.1, -0.05) is 24.3 Å².